The number of thioether (sulfide) groups is 1. The molecule has 0 aliphatic carbocycles. The van der Waals surface area contributed by atoms with Crippen LogP contribution in [0, 0.1) is 13.8 Å². The molecule has 0 saturated heterocycles. The standard InChI is InChI=1S/C18H18N2OS2/c1-4-6-20-17(21)15-5-7-22-16(15)19-18(20)23-11-14-9-12(2)8-13(3)10-14/h4-5,7-10H,1,6,11H2,2-3H3. The fourth-order valence-corrected chi connectivity index (χ4v) is 4.37. The molecule has 0 aliphatic rings. The maximum atomic E-state index is 12.6. The van der Waals surface area contributed by atoms with Crippen molar-refractivity contribution in [3.05, 3.63) is 69.3 Å². The molecule has 0 aliphatic heterocycles. The van der Waals surface area contributed by atoms with Gasteiger partial charge in [0.1, 0.15) is 4.83 Å². The molecule has 0 atom stereocenters. The zero-order valence-corrected chi connectivity index (χ0v) is 14.8. The van der Waals surface area contributed by atoms with Gasteiger partial charge in [0.05, 0.1) is 5.39 Å². The number of fused-ring (bicyclic) bond motifs is 1. The molecule has 0 spiro atoms. The average molecular weight is 342 g/mol. The number of aryl methyl sites for hydroxylation is 2. The minimum Gasteiger partial charge on any atom is -0.283 e. The van der Waals surface area contributed by atoms with Gasteiger partial charge in [-0.25, -0.2) is 4.98 Å². The molecule has 118 valence electrons. The number of hydrogen-bond donors (Lipinski definition) is 0. The van der Waals surface area contributed by atoms with E-state index in [1.165, 1.54) is 28.0 Å². The second kappa shape index (κ2) is 6.72. The van der Waals surface area contributed by atoms with Gasteiger partial charge < -0.3 is 0 Å². The van der Waals surface area contributed by atoms with E-state index in [4.69, 9.17) is 0 Å². The second-order valence-electron chi connectivity index (χ2n) is 5.52. The van der Waals surface area contributed by atoms with E-state index in [0.29, 0.717) is 11.9 Å². The normalized spacial score (nSPS) is 11.0. The lowest BCUT2D eigenvalue weighted by Gasteiger charge is -2.10. The molecule has 0 fully saturated rings. The molecular weight excluding hydrogens is 324 g/mol. The van der Waals surface area contributed by atoms with Crippen molar-refractivity contribution in [2.24, 2.45) is 0 Å². The topological polar surface area (TPSA) is 34.9 Å². The summed E-state index contributed by atoms with van der Waals surface area (Å²) in [5.41, 5.74) is 3.77. The van der Waals surface area contributed by atoms with Crippen LogP contribution in [0.15, 0.2) is 52.3 Å². The predicted molar refractivity (Wildman–Crippen MR) is 99.6 cm³/mol. The van der Waals surface area contributed by atoms with Gasteiger partial charge in [0.25, 0.3) is 5.56 Å². The number of thiophene rings is 1. The van der Waals surface area contributed by atoms with Gasteiger partial charge in [-0.1, -0.05) is 47.2 Å². The molecule has 3 nitrogen and oxygen atoms in total. The Labute approximate surface area is 143 Å². The smallest absolute Gasteiger partial charge is 0.263 e. The first-order chi connectivity index (χ1) is 11.1. The number of aromatic nitrogens is 2. The van der Waals surface area contributed by atoms with Crippen LogP contribution in [0.4, 0.5) is 0 Å². The highest BCUT2D eigenvalue weighted by atomic mass is 32.2. The number of rotatable bonds is 5. The quantitative estimate of drug-likeness (QED) is 0.387. The summed E-state index contributed by atoms with van der Waals surface area (Å²) in [7, 11) is 0. The van der Waals surface area contributed by atoms with Crippen molar-refractivity contribution in [2.75, 3.05) is 0 Å². The lowest BCUT2D eigenvalue weighted by atomic mass is 10.1. The summed E-state index contributed by atoms with van der Waals surface area (Å²) in [5.74, 6) is 0.795. The van der Waals surface area contributed by atoms with Crippen molar-refractivity contribution < 1.29 is 0 Å². The van der Waals surface area contributed by atoms with Gasteiger partial charge >= 0.3 is 0 Å². The molecule has 0 saturated carbocycles. The number of nitrogens with zero attached hydrogens (tertiary/aromatic N) is 2. The molecule has 0 amide bonds. The van der Waals surface area contributed by atoms with E-state index in [2.05, 4.69) is 43.6 Å². The summed E-state index contributed by atoms with van der Waals surface area (Å²) in [6.07, 6.45) is 1.74. The lowest BCUT2D eigenvalue weighted by Crippen LogP contribution is -2.22. The highest BCUT2D eigenvalue weighted by molar-refractivity contribution is 7.98. The predicted octanol–water partition coefficient (Wildman–Crippen LogP) is 4.55. The fraction of sp³-hybridized carbons (Fsp3) is 0.222. The monoisotopic (exact) mass is 342 g/mol. The molecule has 2 aromatic heterocycles. The number of hydrogen-bond acceptors (Lipinski definition) is 4. The Balaban J connectivity index is 1.96. The molecule has 3 aromatic rings. The van der Waals surface area contributed by atoms with Gasteiger partial charge in [0.15, 0.2) is 5.16 Å². The second-order valence-corrected chi connectivity index (χ2v) is 7.36. The van der Waals surface area contributed by atoms with Crippen LogP contribution in [0.1, 0.15) is 16.7 Å². The lowest BCUT2D eigenvalue weighted by molar-refractivity contribution is 0.673. The maximum absolute atomic E-state index is 12.6. The zero-order valence-electron chi connectivity index (χ0n) is 13.2. The van der Waals surface area contributed by atoms with Crippen molar-refractivity contribution in [1.29, 1.82) is 0 Å². The van der Waals surface area contributed by atoms with Crippen molar-refractivity contribution >= 4 is 33.3 Å². The summed E-state index contributed by atoms with van der Waals surface area (Å²) in [6, 6.07) is 8.37. The molecule has 0 unspecified atom stereocenters. The van der Waals surface area contributed by atoms with E-state index in [1.54, 1.807) is 22.4 Å². The van der Waals surface area contributed by atoms with Crippen LogP contribution in [0.3, 0.4) is 0 Å². The third kappa shape index (κ3) is 3.41. The molecular formula is C18H18N2OS2. The van der Waals surface area contributed by atoms with Gasteiger partial charge in [0.2, 0.25) is 0 Å². The Morgan fingerprint density at radius 2 is 2.04 bits per heavy atom. The Bertz CT molecular complexity index is 904. The van der Waals surface area contributed by atoms with Crippen molar-refractivity contribution in [3.63, 3.8) is 0 Å². The van der Waals surface area contributed by atoms with Crippen molar-refractivity contribution in [1.82, 2.24) is 9.55 Å². The van der Waals surface area contributed by atoms with Gasteiger partial charge in [-0.2, -0.15) is 0 Å². The molecule has 5 heteroatoms. The van der Waals surface area contributed by atoms with Gasteiger partial charge in [-0.05, 0) is 30.9 Å². The number of allylic oxidation sites excluding steroid dienone is 1. The van der Waals surface area contributed by atoms with Crippen LogP contribution in [-0.4, -0.2) is 9.55 Å². The summed E-state index contributed by atoms with van der Waals surface area (Å²) in [4.78, 5) is 18.1. The van der Waals surface area contributed by atoms with E-state index >= 15 is 0 Å². The van der Waals surface area contributed by atoms with Crippen LogP contribution in [-0.2, 0) is 12.3 Å². The Kier molecular flexibility index (Phi) is 4.68. The van der Waals surface area contributed by atoms with Crippen LogP contribution in [0.5, 0.6) is 0 Å². The third-order valence-electron chi connectivity index (χ3n) is 3.51. The zero-order chi connectivity index (χ0) is 16.4. The molecule has 3 rings (SSSR count). The first-order valence-electron chi connectivity index (χ1n) is 7.37. The highest BCUT2D eigenvalue weighted by Gasteiger charge is 2.12. The molecule has 0 radical (unpaired) electrons. The van der Waals surface area contributed by atoms with Crippen molar-refractivity contribution in [3.8, 4) is 0 Å². The number of benzene rings is 1. The van der Waals surface area contributed by atoms with Gasteiger partial charge in [-0.3, -0.25) is 9.36 Å². The van der Waals surface area contributed by atoms with E-state index in [-0.39, 0.29) is 5.56 Å². The summed E-state index contributed by atoms with van der Waals surface area (Å²) >= 11 is 3.11. The molecule has 0 bridgehead atoms. The first-order valence-corrected chi connectivity index (χ1v) is 9.24. The Morgan fingerprint density at radius 3 is 2.74 bits per heavy atom. The molecule has 0 N–H and O–H groups in total. The first kappa shape index (κ1) is 16.0. The van der Waals surface area contributed by atoms with Crippen LogP contribution < -0.4 is 5.56 Å². The van der Waals surface area contributed by atoms with Gasteiger partial charge in [0, 0.05) is 12.3 Å². The molecule has 2 heterocycles. The van der Waals surface area contributed by atoms with E-state index in [9.17, 15) is 4.79 Å². The fourth-order valence-electron chi connectivity index (χ4n) is 2.63. The minimum absolute atomic E-state index is 0.0130. The third-order valence-corrected chi connectivity index (χ3v) is 5.36. The molecule has 1 aromatic carbocycles. The largest absolute Gasteiger partial charge is 0.283 e. The van der Waals surface area contributed by atoms with Gasteiger partial charge in [-0.15, -0.1) is 17.9 Å². The van der Waals surface area contributed by atoms with Crippen LogP contribution in [0.2, 0.25) is 0 Å². The van der Waals surface area contributed by atoms with Crippen molar-refractivity contribution in [2.45, 2.75) is 31.3 Å². The SMILES string of the molecule is C=CCn1c(SCc2cc(C)cc(C)c2)nc2sccc2c1=O. The summed E-state index contributed by atoms with van der Waals surface area (Å²) in [5, 5.41) is 3.35. The summed E-state index contributed by atoms with van der Waals surface area (Å²) in [6.45, 7) is 8.44. The van der Waals surface area contributed by atoms with Crippen LogP contribution in [0.25, 0.3) is 10.2 Å². The molecule has 23 heavy (non-hydrogen) atoms. The van der Waals surface area contributed by atoms with E-state index < -0.39 is 0 Å². The summed E-state index contributed by atoms with van der Waals surface area (Å²) < 4.78 is 1.70. The Morgan fingerprint density at radius 1 is 1.30 bits per heavy atom. The Hall–Kier alpha value is -1.85. The van der Waals surface area contributed by atoms with E-state index in [1.807, 2.05) is 11.4 Å². The van der Waals surface area contributed by atoms with E-state index in [0.717, 1.165) is 15.7 Å². The van der Waals surface area contributed by atoms with Crippen LogP contribution >= 0.6 is 23.1 Å². The minimum atomic E-state index is 0.0130. The average Bonchev–Trinajstić information content (AvgIpc) is 2.96. The maximum Gasteiger partial charge on any atom is 0.263 e. The highest BCUT2D eigenvalue weighted by Crippen LogP contribution is 2.25.